The molecule has 0 radical (unpaired) electrons. The third-order valence-electron chi connectivity index (χ3n) is 11.9. The van der Waals surface area contributed by atoms with Crippen LogP contribution in [0.3, 0.4) is 0 Å². The SMILES string of the molecule is CC(C)(C)c1cccc(C2=C(c3cccc(C(C)(C)C)c3)[Si](c3ccccc3)(C(C)(C)C)C(c3cccc(C(C)(C)C)c3)=C2c2cccc(C(C)(C)C)c2)c1. The van der Waals surface area contributed by atoms with Crippen molar-refractivity contribution in [2.75, 3.05) is 0 Å². The van der Waals surface area contributed by atoms with Gasteiger partial charge in [0.1, 0.15) is 0 Å². The number of allylic oxidation sites excluding steroid dienone is 2. The maximum atomic E-state index is 2.54. The van der Waals surface area contributed by atoms with E-state index in [4.69, 9.17) is 0 Å². The molecule has 5 aromatic carbocycles. The van der Waals surface area contributed by atoms with Gasteiger partial charge in [-0.05, 0) is 97.9 Å². The van der Waals surface area contributed by atoms with E-state index in [0.717, 1.165) is 0 Å². The molecule has 0 atom stereocenters. The first-order valence-electron chi connectivity index (χ1n) is 20.4. The molecule has 0 N–H and O–H groups in total. The van der Waals surface area contributed by atoms with Crippen LogP contribution in [0.2, 0.25) is 5.04 Å². The van der Waals surface area contributed by atoms with Gasteiger partial charge in [0.25, 0.3) is 0 Å². The minimum atomic E-state index is -2.97. The van der Waals surface area contributed by atoms with Crippen molar-refractivity contribution >= 4 is 34.8 Å². The molecule has 0 unspecified atom stereocenters. The first kappa shape index (κ1) is 40.5. The molecule has 0 aromatic heterocycles. The van der Waals surface area contributed by atoms with Crippen LogP contribution in [0, 0.1) is 0 Å². The second kappa shape index (κ2) is 14.1. The van der Waals surface area contributed by atoms with Crippen molar-refractivity contribution in [2.24, 2.45) is 0 Å². The van der Waals surface area contributed by atoms with Crippen LogP contribution in [-0.2, 0) is 21.7 Å². The summed E-state index contributed by atoms with van der Waals surface area (Å²) >= 11 is 0. The van der Waals surface area contributed by atoms with E-state index < -0.39 is 8.07 Å². The molecule has 1 heterocycles. The van der Waals surface area contributed by atoms with Crippen molar-refractivity contribution < 1.29 is 0 Å². The van der Waals surface area contributed by atoms with Gasteiger partial charge in [0.15, 0.2) is 8.07 Å². The van der Waals surface area contributed by atoms with Crippen molar-refractivity contribution in [2.45, 2.75) is 131 Å². The molecule has 286 valence electrons. The van der Waals surface area contributed by atoms with E-state index in [-0.39, 0.29) is 26.7 Å². The lowest BCUT2D eigenvalue weighted by atomic mass is 9.81. The third-order valence-corrected chi connectivity index (χ3v) is 17.9. The Morgan fingerprint density at radius 3 is 0.891 bits per heavy atom. The zero-order valence-corrected chi connectivity index (χ0v) is 37.6. The van der Waals surface area contributed by atoms with E-state index in [1.165, 1.54) is 71.2 Å². The predicted octanol–water partition coefficient (Wildman–Crippen LogP) is 14.6. The first-order valence-corrected chi connectivity index (χ1v) is 22.4. The molecular weight excluding hydrogens is 677 g/mol. The maximum Gasteiger partial charge on any atom is 0.156 e. The molecule has 0 saturated heterocycles. The fourth-order valence-electron chi connectivity index (χ4n) is 8.77. The highest BCUT2D eigenvalue weighted by atomic mass is 28.3. The number of hydrogen-bond acceptors (Lipinski definition) is 0. The van der Waals surface area contributed by atoms with Crippen molar-refractivity contribution in [3.63, 3.8) is 0 Å². The van der Waals surface area contributed by atoms with Gasteiger partial charge in [0.2, 0.25) is 0 Å². The summed E-state index contributed by atoms with van der Waals surface area (Å²) in [5.74, 6) is 0. The molecule has 6 rings (SSSR count). The Labute approximate surface area is 335 Å². The van der Waals surface area contributed by atoms with Crippen LogP contribution < -0.4 is 5.19 Å². The molecule has 5 aromatic rings. The number of rotatable bonds is 5. The van der Waals surface area contributed by atoms with Gasteiger partial charge in [0.05, 0.1) is 0 Å². The molecule has 0 fully saturated rings. The van der Waals surface area contributed by atoms with Crippen LogP contribution in [0.4, 0.5) is 0 Å². The van der Waals surface area contributed by atoms with Crippen LogP contribution in [0.25, 0.3) is 21.5 Å². The zero-order chi connectivity index (χ0) is 40.4. The molecular formula is C54H66Si. The summed E-state index contributed by atoms with van der Waals surface area (Å²) in [6, 6.07) is 49.9. The van der Waals surface area contributed by atoms with Crippen LogP contribution in [0.5, 0.6) is 0 Å². The maximum absolute atomic E-state index is 2.97. The molecule has 0 spiro atoms. The quantitative estimate of drug-likeness (QED) is 0.157. The summed E-state index contributed by atoms with van der Waals surface area (Å²) in [4.78, 5) is 0. The second-order valence-corrected chi connectivity index (χ2v) is 25.8. The van der Waals surface area contributed by atoms with Gasteiger partial charge in [-0.25, -0.2) is 0 Å². The van der Waals surface area contributed by atoms with E-state index in [9.17, 15) is 0 Å². The van der Waals surface area contributed by atoms with Crippen LogP contribution in [0.15, 0.2) is 127 Å². The summed E-state index contributed by atoms with van der Waals surface area (Å²) in [5.41, 5.74) is 13.5. The molecule has 1 aliphatic rings. The summed E-state index contributed by atoms with van der Waals surface area (Å²) < 4.78 is 0. The fourth-order valence-corrected chi connectivity index (χ4v) is 15.1. The number of benzene rings is 5. The smallest absolute Gasteiger partial charge is 0.0624 e. The lowest BCUT2D eigenvalue weighted by molar-refractivity contribution is 0.589. The number of hydrogen-bond donors (Lipinski definition) is 0. The minimum absolute atomic E-state index is 0.000633. The lowest BCUT2D eigenvalue weighted by Crippen LogP contribution is -2.56. The van der Waals surface area contributed by atoms with Gasteiger partial charge in [-0.3, -0.25) is 0 Å². The average molecular weight is 743 g/mol. The molecule has 1 heteroatoms. The largest absolute Gasteiger partial charge is 0.156 e. The van der Waals surface area contributed by atoms with E-state index >= 15 is 0 Å². The van der Waals surface area contributed by atoms with Crippen LogP contribution in [-0.4, -0.2) is 8.07 Å². The summed E-state index contributed by atoms with van der Waals surface area (Å²) in [6.45, 7) is 35.7. The molecule has 0 bridgehead atoms. The normalized spacial score (nSPS) is 15.5. The van der Waals surface area contributed by atoms with Crippen molar-refractivity contribution in [3.05, 3.63) is 172 Å². The first-order chi connectivity index (χ1) is 25.5. The average Bonchev–Trinajstić information content (AvgIpc) is 3.44. The Bertz CT molecular complexity index is 2120. The van der Waals surface area contributed by atoms with Crippen LogP contribution in [0.1, 0.15) is 148 Å². The highest BCUT2D eigenvalue weighted by Crippen LogP contribution is 2.63. The van der Waals surface area contributed by atoms with Gasteiger partial charge in [-0.1, -0.05) is 231 Å². The summed E-state index contributed by atoms with van der Waals surface area (Å²) in [6.07, 6.45) is 0. The molecule has 1 aliphatic heterocycles. The van der Waals surface area contributed by atoms with Crippen molar-refractivity contribution in [3.8, 4) is 0 Å². The monoisotopic (exact) mass is 742 g/mol. The Morgan fingerprint density at radius 1 is 0.309 bits per heavy atom. The highest BCUT2D eigenvalue weighted by molar-refractivity contribution is 7.23. The van der Waals surface area contributed by atoms with Crippen molar-refractivity contribution in [1.82, 2.24) is 0 Å². The predicted molar refractivity (Wildman–Crippen MR) is 246 cm³/mol. The summed E-state index contributed by atoms with van der Waals surface area (Å²) in [7, 11) is -2.97. The lowest BCUT2D eigenvalue weighted by Gasteiger charge is -2.46. The fraction of sp³-hybridized carbons (Fsp3) is 0.370. The second-order valence-electron chi connectivity index (χ2n) is 21.2. The van der Waals surface area contributed by atoms with E-state index in [2.05, 4.69) is 231 Å². The van der Waals surface area contributed by atoms with Gasteiger partial charge in [0, 0.05) is 0 Å². The van der Waals surface area contributed by atoms with Crippen LogP contribution >= 0.6 is 0 Å². The zero-order valence-electron chi connectivity index (χ0n) is 36.6. The van der Waals surface area contributed by atoms with E-state index in [1.807, 2.05) is 0 Å². The Morgan fingerprint density at radius 2 is 0.600 bits per heavy atom. The Kier molecular flexibility index (Phi) is 10.4. The summed E-state index contributed by atoms with van der Waals surface area (Å²) in [5, 5.41) is 4.39. The van der Waals surface area contributed by atoms with Gasteiger partial charge >= 0.3 is 0 Å². The van der Waals surface area contributed by atoms with E-state index in [0.29, 0.717) is 0 Å². The Hall–Kier alpha value is -4.20. The molecule has 0 nitrogen and oxygen atoms in total. The Balaban J connectivity index is 1.97. The molecule has 0 aliphatic carbocycles. The van der Waals surface area contributed by atoms with Gasteiger partial charge in [-0.2, -0.15) is 0 Å². The topological polar surface area (TPSA) is 0 Å². The third kappa shape index (κ3) is 7.54. The molecule has 0 amide bonds. The van der Waals surface area contributed by atoms with E-state index in [1.54, 1.807) is 0 Å². The standard InChI is InChI=1S/C54H66Si/c1-50(2,3)41-27-19-23-37(33-41)46-47(38-24-20-28-42(34-38)51(4,5)6)49(40-26-22-30-44(36-40)53(10,11)12)55(54(13,14)15,45-31-17-16-18-32-45)48(46)39-25-21-29-43(35-39)52(7,8)9/h16-36H,1-15H3. The molecule has 0 saturated carbocycles. The van der Waals surface area contributed by atoms with Crippen molar-refractivity contribution in [1.29, 1.82) is 0 Å². The molecule has 55 heavy (non-hydrogen) atoms. The minimum Gasteiger partial charge on any atom is -0.0624 e. The highest BCUT2D eigenvalue weighted by Gasteiger charge is 2.58. The van der Waals surface area contributed by atoms with Gasteiger partial charge < -0.3 is 0 Å². The van der Waals surface area contributed by atoms with Gasteiger partial charge in [-0.15, -0.1) is 0 Å².